The van der Waals surface area contributed by atoms with Gasteiger partial charge in [-0.05, 0) is 31.6 Å². The summed E-state index contributed by atoms with van der Waals surface area (Å²) in [5, 5.41) is 3.25. The van der Waals surface area contributed by atoms with Gasteiger partial charge in [0.1, 0.15) is 0 Å². The number of nitrogens with one attached hydrogen (secondary N) is 1. The van der Waals surface area contributed by atoms with Crippen molar-refractivity contribution in [1.82, 2.24) is 15.0 Å². The third-order valence-corrected chi connectivity index (χ3v) is 3.26. The minimum absolute atomic E-state index is 0.191. The number of anilines is 2. The van der Waals surface area contributed by atoms with Gasteiger partial charge in [0.15, 0.2) is 0 Å². The zero-order valence-corrected chi connectivity index (χ0v) is 11.1. The average Bonchev–Trinajstić information content (AvgIpc) is 3.07. The molecule has 6 nitrogen and oxygen atoms in total. The lowest BCUT2D eigenvalue weighted by Gasteiger charge is -2.15. The minimum Gasteiger partial charge on any atom is -0.464 e. The molecule has 0 aliphatic heterocycles. The highest BCUT2D eigenvalue weighted by Crippen LogP contribution is 2.49. The number of rotatable bonds is 7. The van der Waals surface area contributed by atoms with E-state index in [1.54, 1.807) is 0 Å². The fourth-order valence-electron chi connectivity index (χ4n) is 2.13. The van der Waals surface area contributed by atoms with E-state index in [4.69, 9.17) is 10.5 Å². The molecule has 100 valence electrons. The molecular weight excluding hydrogens is 230 g/mol. The van der Waals surface area contributed by atoms with Crippen LogP contribution in [0.5, 0.6) is 6.01 Å². The lowest BCUT2D eigenvalue weighted by molar-refractivity contribution is 0.312. The van der Waals surface area contributed by atoms with Crippen LogP contribution in [0.4, 0.5) is 11.9 Å². The molecule has 1 fully saturated rings. The van der Waals surface area contributed by atoms with Crippen molar-refractivity contribution in [2.45, 2.75) is 39.5 Å². The van der Waals surface area contributed by atoms with Crippen LogP contribution in [0.1, 0.15) is 39.5 Å². The molecule has 0 atom stereocenters. The van der Waals surface area contributed by atoms with E-state index in [2.05, 4.69) is 27.2 Å². The molecule has 0 radical (unpaired) electrons. The lowest BCUT2D eigenvalue weighted by atomic mass is 10.0. The van der Waals surface area contributed by atoms with Crippen molar-refractivity contribution in [2.75, 3.05) is 24.2 Å². The molecule has 1 heterocycles. The second-order valence-electron chi connectivity index (χ2n) is 4.84. The molecule has 18 heavy (non-hydrogen) atoms. The van der Waals surface area contributed by atoms with Gasteiger partial charge in [-0.15, -0.1) is 0 Å². The quantitative estimate of drug-likeness (QED) is 0.769. The highest BCUT2D eigenvalue weighted by Gasteiger charge is 2.41. The number of ether oxygens (including phenoxy) is 1. The van der Waals surface area contributed by atoms with Crippen LogP contribution in [0.25, 0.3) is 0 Å². The first-order chi connectivity index (χ1) is 8.67. The molecule has 0 saturated heterocycles. The van der Waals surface area contributed by atoms with Gasteiger partial charge in [0.25, 0.3) is 0 Å². The van der Waals surface area contributed by atoms with Gasteiger partial charge < -0.3 is 15.8 Å². The molecule has 0 bridgehead atoms. The monoisotopic (exact) mass is 251 g/mol. The molecule has 3 N–H and O–H groups in total. The van der Waals surface area contributed by atoms with Gasteiger partial charge in [-0.25, -0.2) is 0 Å². The van der Waals surface area contributed by atoms with Gasteiger partial charge in [-0.1, -0.05) is 13.3 Å². The molecule has 0 aromatic carbocycles. The molecule has 1 saturated carbocycles. The molecular formula is C12H21N5O. The number of nitrogen functional groups attached to an aromatic ring is 1. The van der Waals surface area contributed by atoms with E-state index in [-0.39, 0.29) is 12.0 Å². The van der Waals surface area contributed by atoms with Crippen LogP contribution < -0.4 is 15.8 Å². The smallest absolute Gasteiger partial charge is 0.323 e. The first-order valence-corrected chi connectivity index (χ1v) is 6.56. The molecule has 2 rings (SSSR count). The van der Waals surface area contributed by atoms with Crippen molar-refractivity contribution >= 4 is 11.9 Å². The second kappa shape index (κ2) is 5.37. The number of hydrogen-bond acceptors (Lipinski definition) is 6. The van der Waals surface area contributed by atoms with Gasteiger partial charge in [0.2, 0.25) is 11.9 Å². The molecule has 1 aromatic rings. The third-order valence-electron chi connectivity index (χ3n) is 3.26. The van der Waals surface area contributed by atoms with Crippen molar-refractivity contribution in [1.29, 1.82) is 0 Å². The summed E-state index contributed by atoms with van der Waals surface area (Å²) in [7, 11) is 0. The first-order valence-electron chi connectivity index (χ1n) is 6.56. The molecule has 6 heteroatoms. The Bertz CT molecular complexity index is 405. The van der Waals surface area contributed by atoms with Crippen molar-refractivity contribution in [3.05, 3.63) is 0 Å². The molecule has 1 aromatic heterocycles. The number of aromatic nitrogens is 3. The fourth-order valence-corrected chi connectivity index (χ4v) is 2.13. The standard InChI is InChI=1S/C12H21N5O/c1-3-5-12(6-7-12)8-14-10-15-9(13)16-11(17-10)18-4-2/h3-8H2,1-2H3,(H3,13,14,15,16,17). The Balaban J connectivity index is 1.96. The number of nitrogens with zero attached hydrogens (tertiary/aromatic N) is 3. The zero-order chi connectivity index (χ0) is 13.0. The maximum absolute atomic E-state index is 5.62. The van der Waals surface area contributed by atoms with Crippen LogP contribution in [0.15, 0.2) is 0 Å². The average molecular weight is 251 g/mol. The Kier molecular flexibility index (Phi) is 3.84. The highest BCUT2D eigenvalue weighted by atomic mass is 16.5. The van der Waals surface area contributed by atoms with Crippen molar-refractivity contribution in [2.24, 2.45) is 5.41 Å². The first kappa shape index (κ1) is 12.9. The predicted molar refractivity (Wildman–Crippen MR) is 70.5 cm³/mol. The van der Waals surface area contributed by atoms with Gasteiger partial charge in [0, 0.05) is 6.54 Å². The van der Waals surface area contributed by atoms with E-state index in [9.17, 15) is 0 Å². The van der Waals surface area contributed by atoms with Crippen LogP contribution in [0, 0.1) is 5.41 Å². The molecule has 0 spiro atoms. The summed E-state index contributed by atoms with van der Waals surface area (Å²) in [6, 6.07) is 0.285. The minimum atomic E-state index is 0.191. The topological polar surface area (TPSA) is 86.0 Å². The normalized spacial score (nSPS) is 16.3. The van der Waals surface area contributed by atoms with Crippen LogP contribution >= 0.6 is 0 Å². The molecule has 0 amide bonds. The summed E-state index contributed by atoms with van der Waals surface area (Å²) in [6.45, 7) is 5.51. The van der Waals surface area contributed by atoms with Crippen LogP contribution in [-0.4, -0.2) is 28.1 Å². The highest BCUT2D eigenvalue weighted by molar-refractivity contribution is 5.33. The SMILES string of the molecule is CCCC1(CNc2nc(N)nc(OCC)n2)CC1. The van der Waals surface area contributed by atoms with Crippen LogP contribution in [0.3, 0.4) is 0 Å². The summed E-state index contributed by atoms with van der Waals surface area (Å²) >= 11 is 0. The number of nitrogens with two attached hydrogens (primary N) is 1. The van der Waals surface area contributed by atoms with Gasteiger partial charge in [-0.2, -0.15) is 15.0 Å². The van der Waals surface area contributed by atoms with E-state index in [1.165, 1.54) is 25.7 Å². The maximum Gasteiger partial charge on any atom is 0.323 e. The number of hydrogen-bond donors (Lipinski definition) is 2. The van der Waals surface area contributed by atoms with Crippen molar-refractivity contribution in [3.63, 3.8) is 0 Å². The Morgan fingerprint density at radius 2 is 2.06 bits per heavy atom. The van der Waals surface area contributed by atoms with Gasteiger partial charge in [-0.3, -0.25) is 0 Å². The Labute approximate surface area is 107 Å². The predicted octanol–water partition coefficient (Wildman–Crippen LogP) is 1.84. The Hall–Kier alpha value is -1.59. The molecule has 1 aliphatic carbocycles. The van der Waals surface area contributed by atoms with Crippen LogP contribution in [-0.2, 0) is 0 Å². The largest absolute Gasteiger partial charge is 0.464 e. The summed E-state index contributed by atoms with van der Waals surface area (Å²) in [5.41, 5.74) is 6.07. The zero-order valence-electron chi connectivity index (χ0n) is 11.1. The van der Waals surface area contributed by atoms with Gasteiger partial charge >= 0.3 is 6.01 Å². The maximum atomic E-state index is 5.62. The van der Waals surface area contributed by atoms with E-state index in [0.717, 1.165) is 6.54 Å². The van der Waals surface area contributed by atoms with Crippen molar-refractivity contribution in [3.8, 4) is 6.01 Å². The van der Waals surface area contributed by atoms with Crippen LogP contribution in [0.2, 0.25) is 0 Å². The fraction of sp³-hybridized carbons (Fsp3) is 0.750. The summed E-state index contributed by atoms with van der Waals surface area (Å²) in [4.78, 5) is 12.2. The van der Waals surface area contributed by atoms with Crippen molar-refractivity contribution < 1.29 is 4.74 Å². The summed E-state index contributed by atoms with van der Waals surface area (Å²) in [6.07, 6.45) is 5.03. The second-order valence-corrected chi connectivity index (χ2v) is 4.84. The lowest BCUT2D eigenvalue weighted by Crippen LogP contribution is -2.17. The van der Waals surface area contributed by atoms with Gasteiger partial charge in [0.05, 0.1) is 6.61 Å². The van der Waals surface area contributed by atoms with E-state index in [0.29, 0.717) is 18.0 Å². The summed E-state index contributed by atoms with van der Waals surface area (Å²) in [5.74, 6) is 0.699. The van der Waals surface area contributed by atoms with E-state index in [1.807, 2.05) is 6.92 Å². The Morgan fingerprint density at radius 3 is 2.67 bits per heavy atom. The van der Waals surface area contributed by atoms with E-state index < -0.39 is 0 Å². The Morgan fingerprint density at radius 1 is 1.28 bits per heavy atom. The molecule has 1 aliphatic rings. The third kappa shape index (κ3) is 3.21. The van der Waals surface area contributed by atoms with E-state index >= 15 is 0 Å². The summed E-state index contributed by atoms with van der Waals surface area (Å²) < 4.78 is 5.24. The molecule has 0 unspecified atom stereocenters.